The Bertz CT molecular complexity index is 212. The molecule has 0 heterocycles. The van der Waals surface area contributed by atoms with Gasteiger partial charge in [-0.3, -0.25) is 0 Å². The molecule has 2 atom stereocenters. The first kappa shape index (κ1) is 9.58. The molecule has 1 aliphatic rings. The van der Waals surface area contributed by atoms with Gasteiger partial charge in [0.2, 0.25) is 0 Å². The van der Waals surface area contributed by atoms with E-state index in [0.29, 0.717) is 0 Å². The molecule has 1 rings (SSSR count). The van der Waals surface area contributed by atoms with Crippen LogP contribution in [0.2, 0.25) is 0 Å². The molecule has 1 heteroatoms. The highest BCUT2D eigenvalue weighted by Crippen LogP contribution is 2.51. The monoisotopic (exact) mass is 165 g/mol. The van der Waals surface area contributed by atoms with E-state index >= 15 is 0 Å². The summed E-state index contributed by atoms with van der Waals surface area (Å²) in [7, 11) is 0. The van der Waals surface area contributed by atoms with E-state index < -0.39 is 0 Å². The third-order valence-electron chi connectivity index (χ3n) is 3.74. The minimum absolute atomic E-state index is 0.0977. The fraction of sp³-hybridized carbons (Fsp3) is 0.909. The number of nitriles is 1. The SMILES string of the molecule is CC1CCC(C)(C#N)C(C)(C)C1. The molecule has 0 N–H and O–H groups in total. The van der Waals surface area contributed by atoms with Crippen LogP contribution in [0, 0.1) is 28.1 Å². The lowest BCUT2D eigenvalue weighted by Crippen LogP contribution is -2.39. The molecule has 12 heavy (non-hydrogen) atoms. The summed E-state index contributed by atoms with van der Waals surface area (Å²) in [6, 6.07) is 2.49. The normalized spacial score (nSPS) is 40.4. The Labute approximate surface area is 75.8 Å². The number of nitrogens with zero attached hydrogens (tertiary/aromatic N) is 1. The summed E-state index contributed by atoms with van der Waals surface area (Å²) in [6.07, 6.45) is 3.47. The van der Waals surface area contributed by atoms with E-state index in [4.69, 9.17) is 5.26 Å². The minimum atomic E-state index is -0.0977. The summed E-state index contributed by atoms with van der Waals surface area (Å²) < 4.78 is 0. The van der Waals surface area contributed by atoms with Crippen molar-refractivity contribution in [3.63, 3.8) is 0 Å². The molecule has 68 valence electrons. The van der Waals surface area contributed by atoms with Crippen LogP contribution in [-0.4, -0.2) is 0 Å². The Morgan fingerprint density at radius 3 is 2.33 bits per heavy atom. The van der Waals surface area contributed by atoms with Crippen LogP contribution >= 0.6 is 0 Å². The Hall–Kier alpha value is -0.510. The maximum atomic E-state index is 9.12. The topological polar surface area (TPSA) is 23.8 Å². The van der Waals surface area contributed by atoms with Crippen molar-refractivity contribution < 1.29 is 0 Å². The highest BCUT2D eigenvalue weighted by atomic mass is 14.5. The first-order valence-electron chi connectivity index (χ1n) is 4.82. The van der Waals surface area contributed by atoms with Crippen molar-refractivity contribution in [2.75, 3.05) is 0 Å². The van der Waals surface area contributed by atoms with Crippen molar-refractivity contribution in [1.82, 2.24) is 0 Å². The first-order valence-corrected chi connectivity index (χ1v) is 4.82. The van der Waals surface area contributed by atoms with Crippen LogP contribution in [0.5, 0.6) is 0 Å². The van der Waals surface area contributed by atoms with Crippen molar-refractivity contribution >= 4 is 0 Å². The van der Waals surface area contributed by atoms with Gasteiger partial charge in [0, 0.05) is 0 Å². The van der Waals surface area contributed by atoms with Gasteiger partial charge in [0.25, 0.3) is 0 Å². The maximum Gasteiger partial charge on any atom is 0.0692 e. The lowest BCUT2D eigenvalue weighted by Gasteiger charge is -2.45. The second kappa shape index (κ2) is 2.76. The average molecular weight is 165 g/mol. The highest BCUT2D eigenvalue weighted by Gasteiger charge is 2.44. The van der Waals surface area contributed by atoms with Gasteiger partial charge in [-0.05, 0) is 37.5 Å². The van der Waals surface area contributed by atoms with Crippen LogP contribution in [0.25, 0.3) is 0 Å². The molecular weight excluding hydrogens is 146 g/mol. The molecule has 0 aliphatic heterocycles. The predicted molar refractivity (Wildman–Crippen MR) is 50.5 cm³/mol. The Balaban J connectivity index is 2.86. The lowest BCUT2D eigenvalue weighted by molar-refractivity contribution is 0.0574. The zero-order valence-electron chi connectivity index (χ0n) is 8.65. The summed E-state index contributed by atoms with van der Waals surface area (Å²) in [5, 5.41) is 9.12. The predicted octanol–water partition coefficient (Wildman–Crippen LogP) is 3.36. The summed E-state index contributed by atoms with van der Waals surface area (Å²) in [5.74, 6) is 0.793. The molecule has 0 aromatic rings. The van der Waals surface area contributed by atoms with Gasteiger partial charge in [-0.2, -0.15) is 5.26 Å². The standard InChI is InChI=1S/C11H19N/c1-9-5-6-11(4,8-12)10(2,3)7-9/h9H,5-7H2,1-4H3. The van der Waals surface area contributed by atoms with Crippen LogP contribution in [0.1, 0.15) is 47.0 Å². The second-order valence-corrected chi connectivity index (χ2v) is 5.18. The summed E-state index contributed by atoms with van der Waals surface area (Å²) in [6.45, 7) is 8.86. The highest BCUT2D eigenvalue weighted by molar-refractivity contribution is 5.07. The van der Waals surface area contributed by atoms with Crippen LogP contribution in [0.4, 0.5) is 0 Å². The van der Waals surface area contributed by atoms with Gasteiger partial charge in [-0.1, -0.05) is 20.8 Å². The number of hydrogen-bond donors (Lipinski definition) is 0. The molecule has 0 spiro atoms. The fourth-order valence-corrected chi connectivity index (χ4v) is 2.28. The zero-order chi connectivity index (χ0) is 9.41. The first-order chi connectivity index (χ1) is 5.41. The van der Waals surface area contributed by atoms with E-state index in [9.17, 15) is 0 Å². The molecular formula is C11H19N. The minimum Gasteiger partial charge on any atom is -0.198 e. The maximum absolute atomic E-state index is 9.12. The van der Waals surface area contributed by atoms with Crippen LogP contribution in [0.15, 0.2) is 0 Å². The Morgan fingerprint density at radius 1 is 1.33 bits per heavy atom. The van der Waals surface area contributed by atoms with E-state index in [2.05, 4.69) is 33.8 Å². The van der Waals surface area contributed by atoms with Crippen molar-refractivity contribution in [3.8, 4) is 6.07 Å². The third kappa shape index (κ3) is 1.35. The zero-order valence-corrected chi connectivity index (χ0v) is 8.65. The van der Waals surface area contributed by atoms with E-state index in [1.165, 1.54) is 12.8 Å². The van der Waals surface area contributed by atoms with E-state index in [-0.39, 0.29) is 10.8 Å². The summed E-state index contributed by atoms with van der Waals surface area (Å²) in [4.78, 5) is 0. The molecule has 1 aliphatic carbocycles. The molecule has 1 fully saturated rings. The Kier molecular flexibility index (Phi) is 2.21. The van der Waals surface area contributed by atoms with Crippen LogP contribution in [0.3, 0.4) is 0 Å². The van der Waals surface area contributed by atoms with Gasteiger partial charge in [-0.15, -0.1) is 0 Å². The molecule has 2 unspecified atom stereocenters. The van der Waals surface area contributed by atoms with Gasteiger partial charge < -0.3 is 0 Å². The van der Waals surface area contributed by atoms with Crippen molar-refractivity contribution in [1.29, 1.82) is 5.26 Å². The lowest BCUT2D eigenvalue weighted by atomic mass is 9.57. The van der Waals surface area contributed by atoms with Gasteiger partial charge in [0.05, 0.1) is 11.5 Å². The quantitative estimate of drug-likeness (QED) is 0.540. The molecule has 0 radical (unpaired) electrons. The number of rotatable bonds is 0. The fourth-order valence-electron chi connectivity index (χ4n) is 2.28. The van der Waals surface area contributed by atoms with Crippen molar-refractivity contribution in [2.45, 2.75) is 47.0 Å². The van der Waals surface area contributed by atoms with Crippen LogP contribution < -0.4 is 0 Å². The molecule has 0 saturated heterocycles. The second-order valence-electron chi connectivity index (χ2n) is 5.18. The Morgan fingerprint density at radius 2 is 1.92 bits per heavy atom. The molecule has 0 aromatic carbocycles. The van der Waals surface area contributed by atoms with Gasteiger partial charge in [-0.25, -0.2) is 0 Å². The van der Waals surface area contributed by atoms with Gasteiger partial charge >= 0.3 is 0 Å². The molecule has 0 bridgehead atoms. The molecule has 1 saturated carbocycles. The van der Waals surface area contributed by atoms with E-state index in [1.807, 2.05) is 0 Å². The smallest absolute Gasteiger partial charge is 0.0692 e. The largest absolute Gasteiger partial charge is 0.198 e. The van der Waals surface area contributed by atoms with E-state index in [1.54, 1.807) is 0 Å². The van der Waals surface area contributed by atoms with Gasteiger partial charge in [0.15, 0.2) is 0 Å². The third-order valence-corrected chi connectivity index (χ3v) is 3.74. The molecule has 0 aromatic heterocycles. The van der Waals surface area contributed by atoms with Crippen LogP contribution in [-0.2, 0) is 0 Å². The van der Waals surface area contributed by atoms with Gasteiger partial charge in [0.1, 0.15) is 0 Å². The summed E-state index contributed by atoms with van der Waals surface area (Å²) >= 11 is 0. The van der Waals surface area contributed by atoms with Crippen molar-refractivity contribution in [2.24, 2.45) is 16.7 Å². The van der Waals surface area contributed by atoms with Crippen molar-refractivity contribution in [3.05, 3.63) is 0 Å². The summed E-state index contributed by atoms with van der Waals surface area (Å²) in [5.41, 5.74) is 0.0962. The van der Waals surface area contributed by atoms with E-state index in [0.717, 1.165) is 12.3 Å². The number of hydrogen-bond acceptors (Lipinski definition) is 1. The average Bonchev–Trinajstić information content (AvgIpc) is 1.97. The molecule has 0 amide bonds. The molecule has 1 nitrogen and oxygen atoms in total.